The van der Waals surface area contributed by atoms with Crippen LogP contribution in [0.25, 0.3) is 21.5 Å². The molecule has 27 heavy (non-hydrogen) atoms. The van der Waals surface area contributed by atoms with Gasteiger partial charge in [-0.15, -0.1) is 10.2 Å². The number of benzene rings is 4. The first kappa shape index (κ1) is 17.1. The number of nitrogens with two attached hydrogens (primary N) is 1. The second kappa shape index (κ2) is 6.46. The molecule has 4 aromatic carbocycles. The molecule has 0 spiro atoms. The van der Waals surface area contributed by atoms with Crippen molar-refractivity contribution in [2.45, 2.75) is 4.90 Å². The van der Waals surface area contributed by atoms with Gasteiger partial charge in [-0.1, -0.05) is 48.5 Å². The molecule has 0 heterocycles. The van der Waals surface area contributed by atoms with E-state index in [-0.39, 0.29) is 4.90 Å². The van der Waals surface area contributed by atoms with E-state index in [1.165, 1.54) is 6.07 Å². The molecular formula is C20H15N3O3S. The van der Waals surface area contributed by atoms with Crippen molar-refractivity contribution in [3.05, 3.63) is 72.8 Å². The summed E-state index contributed by atoms with van der Waals surface area (Å²) in [6.07, 6.45) is 0. The standard InChI is InChI=1S/C20H15N3O3S/c21-17-11-12-19(14-6-2-1-5-13(14)17)23-22-18-9-3-8-16-15(18)7-4-10-20(16)27(24,25)26/h1-12H,21H2,(H,24,25,26). The molecule has 0 amide bonds. The molecule has 0 bridgehead atoms. The Morgan fingerprint density at radius 3 is 1.96 bits per heavy atom. The zero-order valence-corrected chi connectivity index (χ0v) is 14.9. The zero-order valence-electron chi connectivity index (χ0n) is 14.1. The fourth-order valence-corrected chi connectivity index (χ4v) is 3.78. The molecule has 4 aromatic rings. The highest BCUT2D eigenvalue weighted by Crippen LogP contribution is 2.34. The molecule has 3 N–H and O–H groups in total. The van der Waals surface area contributed by atoms with E-state index in [2.05, 4.69) is 10.2 Å². The van der Waals surface area contributed by atoms with Crippen LogP contribution in [0.1, 0.15) is 0 Å². The Labute approximate surface area is 155 Å². The number of rotatable bonds is 3. The predicted octanol–water partition coefficient (Wildman–Crippen LogP) is 5.24. The van der Waals surface area contributed by atoms with Crippen molar-refractivity contribution in [3.8, 4) is 0 Å². The quantitative estimate of drug-likeness (QED) is 0.289. The van der Waals surface area contributed by atoms with Gasteiger partial charge in [0.1, 0.15) is 4.90 Å². The minimum absolute atomic E-state index is 0.157. The molecule has 0 unspecified atom stereocenters. The van der Waals surface area contributed by atoms with Crippen LogP contribution >= 0.6 is 0 Å². The van der Waals surface area contributed by atoms with Gasteiger partial charge in [0, 0.05) is 27.2 Å². The highest BCUT2D eigenvalue weighted by molar-refractivity contribution is 7.86. The minimum Gasteiger partial charge on any atom is -0.398 e. The number of nitrogen functional groups attached to an aromatic ring is 1. The largest absolute Gasteiger partial charge is 0.398 e. The highest BCUT2D eigenvalue weighted by atomic mass is 32.2. The molecule has 7 heteroatoms. The van der Waals surface area contributed by atoms with Gasteiger partial charge in [-0.05, 0) is 24.3 Å². The average molecular weight is 377 g/mol. The summed E-state index contributed by atoms with van der Waals surface area (Å²) in [5.41, 5.74) is 7.83. The normalized spacial score (nSPS) is 12.2. The third-order valence-electron chi connectivity index (χ3n) is 4.34. The van der Waals surface area contributed by atoms with Gasteiger partial charge >= 0.3 is 0 Å². The van der Waals surface area contributed by atoms with Crippen LogP contribution in [-0.2, 0) is 10.1 Å². The maximum absolute atomic E-state index is 11.6. The zero-order chi connectivity index (χ0) is 19.0. The maximum atomic E-state index is 11.6. The lowest BCUT2D eigenvalue weighted by molar-refractivity contribution is 0.484. The molecule has 134 valence electrons. The Morgan fingerprint density at radius 1 is 0.667 bits per heavy atom. The summed E-state index contributed by atoms with van der Waals surface area (Å²) in [5, 5.41) is 11.4. The van der Waals surface area contributed by atoms with Crippen LogP contribution in [0.2, 0.25) is 0 Å². The maximum Gasteiger partial charge on any atom is 0.295 e. The molecule has 0 fully saturated rings. The number of azo groups is 1. The SMILES string of the molecule is Nc1ccc(N=Nc2cccc3c(S(=O)(=O)O)cccc23)c2ccccc12. The topological polar surface area (TPSA) is 105 Å². The van der Waals surface area contributed by atoms with Gasteiger partial charge in [0.2, 0.25) is 0 Å². The number of anilines is 1. The van der Waals surface area contributed by atoms with Gasteiger partial charge < -0.3 is 5.73 Å². The first-order chi connectivity index (χ1) is 12.9. The fraction of sp³-hybridized carbons (Fsp3) is 0. The Kier molecular flexibility index (Phi) is 4.10. The van der Waals surface area contributed by atoms with Gasteiger partial charge in [-0.3, -0.25) is 4.55 Å². The third-order valence-corrected chi connectivity index (χ3v) is 5.25. The van der Waals surface area contributed by atoms with Crippen LogP contribution in [0.3, 0.4) is 0 Å². The second-order valence-corrected chi connectivity index (χ2v) is 7.41. The Hall–Kier alpha value is -3.29. The van der Waals surface area contributed by atoms with Gasteiger partial charge in [-0.25, -0.2) is 0 Å². The predicted molar refractivity (Wildman–Crippen MR) is 106 cm³/mol. The molecule has 0 atom stereocenters. The van der Waals surface area contributed by atoms with E-state index in [1.54, 1.807) is 42.5 Å². The minimum atomic E-state index is -4.33. The molecule has 0 aliphatic heterocycles. The number of hydrogen-bond donors (Lipinski definition) is 2. The number of nitrogens with zero attached hydrogens (tertiary/aromatic N) is 2. The molecule has 0 saturated heterocycles. The first-order valence-electron chi connectivity index (χ1n) is 8.13. The van der Waals surface area contributed by atoms with Crippen LogP contribution in [-0.4, -0.2) is 13.0 Å². The van der Waals surface area contributed by atoms with E-state index in [0.29, 0.717) is 27.8 Å². The molecule has 0 radical (unpaired) electrons. The third kappa shape index (κ3) is 3.14. The summed E-state index contributed by atoms with van der Waals surface area (Å²) in [6, 6.07) is 20.9. The van der Waals surface area contributed by atoms with E-state index in [1.807, 2.05) is 24.3 Å². The van der Waals surface area contributed by atoms with Crippen molar-refractivity contribution >= 4 is 48.7 Å². The molecule has 0 saturated carbocycles. The fourth-order valence-electron chi connectivity index (χ4n) is 3.08. The van der Waals surface area contributed by atoms with Crippen LogP contribution < -0.4 is 5.73 Å². The summed E-state index contributed by atoms with van der Waals surface area (Å²) in [7, 11) is -4.33. The molecule has 0 aliphatic carbocycles. The van der Waals surface area contributed by atoms with Crippen molar-refractivity contribution in [2.24, 2.45) is 10.2 Å². The van der Waals surface area contributed by atoms with E-state index in [4.69, 9.17) is 5.73 Å². The lowest BCUT2D eigenvalue weighted by Gasteiger charge is -2.06. The first-order valence-corrected chi connectivity index (χ1v) is 9.57. The van der Waals surface area contributed by atoms with Gasteiger partial charge in [0.25, 0.3) is 10.1 Å². The Bertz CT molecular complexity index is 1310. The number of hydrogen-bond acceptors (Lipinski definition) is 5. The van der Waals surface area contributed by atoms with Crippen molar-refractivity contribution in [1.29, 1.82) is 0 Å². The lowest BCUT2D eigenvalue weighted by Crippen LogP contribution is -1.98. The van der Waals surface area contributed by atoms with Crippen molar-refractivity contribution < 1.29 is 13.0 Å². The van der Waals surface area contributed by atoms with Crippen molar-refractivity contribution in [3.63, 3.8) is 0 Å². The lowest BCUT2D eigenvalue weighted by atomic mass is 10.1. The molecule has 6 nitrogen and oxygen atoms in total. The summed E-state index contributed by atoms with van der Waals surface area (Å²) in [4.78, 5) is -0.157. The van der Waals surface area contributed by atoms with E-state index < -0.39 is 10.1 Å². The monoisotopic (exact) mass is 377 g/mol. The number of fused-ring (bicyclic) bond motifs is 2. The summed E-state index contributed by atoms with van der Waals surface area (Å²) in [5.74, 6) is 0. The van der Waals surface area contributed by atoms with Crippen molar-refractivity contribution in [2.75, 3.05) is 5.73 Å². The van der Waals surface area contributed by atoms with E-state index in [9.17, 15) is 13.0 Å². The van der Waals surface area contributed by atoms with E-state index in [0.717, 1.165) is 10.8 Å². The second-order valence-electron chi connectivity index (χ2n) is 6.02. The molecule has 0 aliphatic rings. The van der Waals surface area contributed by atoms with Crippen LogP contribution in [0.4, 0.5) is 17.1 Å². The van der Waals surface area contributed by atoms with Crippen LogP contribution in [0.15, 0.2) is 87.9 Å². The smallest absolute Gasteiger partial charge is 0.295 e. The van der Waals surface area contributed by atoms with Crippen LogP contribution in [0, 0.1) is 0 Å². The molecule has 4 rings (SSSR count). The molecule has 0 aromatic heterocycles. The van der Waals surface area contributed by atoms with Gasteiger partial charge in [-0.2, -0.15) is 8.42 Å². The molecular weight excluding hydrogens is 362 g/mol. The van der Waals surface area contributed by atoms with Crippen LogP contribution in [0.5, 0.6) is 0 Å². The summed E-state index contributed by atoms with van der Waals surface area (Å²) >= 11 is 0. The average Bonchev–Trinajstić information content (AvgIpc) is 2.66. The summed E-state index contributed by atoms with van der Waals surface area (Å²) < 4.78 is 32.6. The summed E-state index contributed by atoms with van der Waals surface area (Å²) in [6.45, 7) is 0. The van der Waals surface area contributed by atoms with Crippen molar-refractivity contribution in [1.82, 2.24) is 0 Å². The van der Waals surface area contributed by atoms with Gasteiger partial charge in [0.15, 0.2) is 0 Å². The highest BCUT2D eigenvalue weighted by Gasteiger charge is 2.14. The van der Waals surface area contributed by atoms with E-state index >= 15 is 0 Å². The Balaban J connectivity index is 1.87. The van der Waals surface area contributed by atoms with Gasteiger partial charge in [0.05, 0.1) is 11.4 Å². The Morgan fingerprint density at radius 2 is 1.22 bits per heavy atom.